The fraction of sp³-hybridized carbons (Fsp3) is 0.476. The predicted octanol–water partition coefficient (Wildman–Crippen LogP) is 2.84. The molecule has 3 rings (SSSR count). The molecule has 10 heteroatoms. The van der Waals surface area contributed by atoms with E-state index >= 15 is 0 Å². The molecule has 31 heavy (non-hydrogen) atoms. The fourth-order valence-electron chi connectivity index (χ4n) is 3.11. The molecule has 0 aliphatic carbocycles. The molecule has 0 unspecified atom stereocenters. The Hall–Kier alpha value is -2.46. The van der Waals surface area contributed by atoms with Gasteiger partial charge in [-0.25, -0.2) is 14.8 Å². The fourth-order valence-corrected chi connectivity index (χ4v) is 4.83. The highest BCUT2D eigenvalue weighted by Gasteiger charge is 2.21. The highest BCUT2D eigenvalue weighted by Crippen LogP contribution is 2.25. The Balaban J connectivity index is 2.01. The number of thioether (sulfide) groups is 1. The second kappa shape index (κ2) is 9.78. The molecule has 1 amide bonds. The zero-order valence-electron chi connectivity index (χ0n) is 18.4. The van der Waals surface area contributed by atoms with Gasteiger partial charge in [0.15, 0.2) is 5.65 Å². The van der Waals surface area contributed by atoms with Crippen LogP contribution in [0.5, 0.6) is 0 Å². The third-order valence-corrected chi connectivity index (χ3v) is 6.68. The molecule has 0 aliphatic heterocycles. The van der Waals surface area contributed by atoms with E-state index in [0.29, 0.717) is 35.0 Å². The molecule has 0 N–H and O–H groups in total. The van der Waals surface area contributed by atoms with Crippen molar-refractivity contribution in [1.29, 1.82) is 0 Å². The molecule has 0 aliphatic rings. The lowest BCUT2D eigenvalue weighted by atomic mass is 10.2. The molecule has 0 atom stereocenters. The molecule has 3 aromatic heterocycles. The van der Waals surface area contributed by atoms with Crippen molar-refractivity contribution in [3.05, 3.63) is 49.1 Å². The van der Waals surface area contributed by atoms with Gasteiger partial charge in [0, 0.05) is 31.4 Å². The van der Waals surface area contributed by atoms with E-state index in [9.17, 15) is 14.4 Å². The Morgan fingerprint density at radius 2 is 2.03 bits per heavy atom. The van der Waals surface area contributed by atoms with Crippen molar-refractivity contribution in [3.63, 3.8) is 0 Å². The molecule has 0 saturated carbocycles. The van der Waals surface area contributed by atoms with E-state index in [0.717, 1.165) is 15.9 Å². The summed E-state index contributed by atoms with van der Waals surface area (Å²) in [5.41, 5.74) is -0.490. The summed E-state index contributed by atoms with van der Waals surface area (Å²) in [6, 6.07) is 3.95. The van der Waals surface area contributed by atoms with Gasteiger partial charge in [0.2, 0.25) is 5.91 Å². The van der Waals surface area contributed by atoms with Gasteiger partial charge in [-0.2, -0.15) is 0 Å². The van der Waals surface area contributed by atoms with Gasteiger partial charge < -0.3 is 4.90 Å². The average molecular weight is 462 g/mol. The highest BCUT2D eigenvalue weighted by molar-refractivity contribution is 8.00. The van der Waals surface area contributed by atoms with Gasteiger partial charge in [-0.05, 0) is 17.9 Å². The molecule has 0 bridgehead atoms. The topological polar surface area (TPSA) is 90.1 Å². The maximum atomic E-state index is 13.0. The Bertz CT molecular complexity index is 1200. The Morgan fingerprint density at radius 3 is 2.65 bits per heavy atom. The maximum Gasteiger partial charge on any atom is 0.332 e. The van der Waals surface area contributed by atoms with Gasteiger partial charge in [-0.3, -0.25) is 18.7 Å². The maximum absolute atomic E-state index is 13.0. The number of nitrogens with zero attached hydrogens (tertiary/aromatic N) is 5. The molecule has 0 aromatic carbocycles. The van der Waals surface area contributed by atoms with Crippen LogP contribution >= 0.6 is 23.1 Å². The molecule has 0 radical (unpaired) electrons. The number of thiophene rings is 1. The van der Waals surface area contributed by atoms with E-state index in [1.807, 2.05) is 38.3 Å². The van der Waals surface area contributed by atoms with E-state index in [2.05, 4.69) is 9.97 Å². The zero-order valence-corrected chi connectivity index (χ0v) is 20.0. The third kappa shape index (κ3) is 4.90. The van der Waals surface area contributed by atoms with Crippen molar-refractivity contribution in [1.82, 2.24) is 24.0 Å². The molecule has 0 spiro atoms. The van der Waals surface area contributed by atoms with Crippen LogP contribution in [-0.2, 0) is 24.9 Å². The molecule has 3 heterocycles. The van der Waals surface area contributed by atoms with Crippen molar-refractivity contribution >= 4 is 40.0 Å². The van der Waals surface area contributed by atoms with Crippen molar-refractivity contribution in [2.45, 2.75) is 51.2 Å². The molecule has 166 valence electrons. The molecular weight excluding hydrogens is 434 g/mol. The second-order valence-electron chi connectivity index (χ2n) is 7.66. The summed E-state index contributed by atoms with van der Waals surface area (Å²) in [6.07, 6.45) is 0.725. The SMILES string of the molecule is CCCn1c(=O)n(C)c(=O)c2c(SCC(=O)N(C)Cc3cccs3)nc(C(C)C)nc21. The van der Waals surface area contributed by atoms with Gasteiger partial charge in [0.1, 0.15) is 16.2 Å². The molecule has 8 nitrogen and oxygen atoms in total. The van der Waals surface area contributed by atoms with E-state index in [-0.39, 0.29) is 17.6 Å². The lowest BCUT2D eigenvalue weighted by Crippen LogP contribution is -2.39. The number of aryl methyl sites for hydroxylation is 1. The minimum atomic E-state index is -0.440. The van der Waals surface area contributed by atoms with Crippen LogP contribution in [0.3, 0.4) is 0 Å². The first kappa shape index (κ1) is 23.2. The molecular formula is C21H27N5O3S2. The summed E-state index contributed by atoms with van der Waals surface area (Å²) < 4.78 is 2.62. The van der Waals surface area contributed by atoms with Crippen LogP contribution in [0.2, 0.25) is 0 Å². The first-order valence-electron chi connectivity index (χ1n) is 10.1. The smallest absolute Gasteiger partial charge is 0.332 e. The van der Waals surface area contributed by atoms with Crippen LogP contribution in [0.1, 0.15) is 43.8 Å². The molecule has 0 saturated heterocycles. The second-order valence-corrected chi connectivity index (χ2v) is 9.65. The number of aromatic nitrogens is 4. The number of hydrogen-bond donors (Lipinski definition) is 0. The Labute approximate surface area is 188 Å². The highest BCUT2D eigenvalue weighted by atomic mass is 32.2. The number of hydrogen-bond acceptors (Lipinski definition) is 7. The van der Waals surface area contributed by atoms with Crippen molar-refractivity contribution in [2.24, 2.45) is 7.05 Å². The average Bonchev–Trinajstić information content (AvgIpc) is 3.25. The lowest BCUT2D eigenvalue weighted by molar-refractivity contribution is -0.127. The van der Waals surface area contributed by atoms with Crippen LogP contribution in [0.15, 0.2) is 32.1 Å². The van der Waals surface area contributed by atoms with E-state index in [1.165, 1.54) is 23.4 Å². The third-order valence-electron chi connectivity index (χ3n) is 4.86. The van der Waals surface area contributed by atoms with Crippen LogP contribution in [0, 0.1) is 0 Å². The lowest BCUT2D eigenvalue weighted by Gasteiger charge is -2.17. The van der Waals surface area contributed by atoms with E-state index in [1.54, 1.807) is 23.3 Å². The Morgan fingerprint density at radius 1 is 1.29 bits per heavy atom. The predicted molar refractivity (Wildman–Crippen MR) is 125 cm³/mol. The molecule has 3 aromatic rings. The monoisotopic (exact) mass is 461 g/mol. The van der Waals surface area contributed by atoms with Crippen molar-refractivity contribution in [2.75, 3.05) is 12.8 Å². The normalized spacial score (nSPS) is 11.4. The van der Waals surface area contributed by atoms with Gasteiger partial charge in [-0.1, -0.05) is 38.6 Å². The van der Waals surface area contributed by atoms with E-state index in [4.69, 9.17) is 0 Å². The number of carbonyl (C=O) groups excluding carboxylic acids is 1. The minimum Gasteiger partial charge on any atom is -0.340 e. The summed E-state index contributed by atoms with van der Waals surface area (Å²) in [6.45, 7) is 6.87. The van der Waals surface area contributed by atoms with Crippen LogP contribution in [0.25, 0.3) is 11.0 Å². The minimum absolute atomic E-state index is 0.00944. The number of rotatable bonds is 8. The first-order chi connectivity index (χ1) is 14.7. The summed E-state index contributed by atoms with van der Waals surface area (Å²) in [7, 11) is 3.22. The van der Waals surface area contributed by atoms with Crippen LogP contribution < -0.4 is 11.2 Å². The standard InChI is InChI=1S/C21H27N5O3S2/c1-6-9-26-18-16(20(28)25(5)21(26)29)19(23-17(22-18)13(2)3)31-12-15(27)24(4)11-14-8-7-10-30-14/h7-8,10,13H,6,9,11-12H2,1-5H3. The summed E-state index contributed by atoms with van der Waals surface area (Å²) in [5, 5.41) is 2.71. The number of amides is 1. The van der Waals surface area contributed by atoms with Gasteiger partial charge >= 0.3 is 5.69 Å². The number of carbonyl (C=O) groups is 1. The first-order valence-corrected chi connectivity index (χ1v) is 12.0. The summed E-state index contributed by atoms with van der Waals surface area (Å²) in [5.74, 6) is 0.638. The Kier molecular flexibility index (Phi) is 7.32. The summed E-state index contributed by atoms with van der Waals surface area (Å²) in [4.78, 5) is 50.3. The van der Waals surface area contributed by atoms with Crippen LogP contribution in [-0.4, -0.2) is 42.7 Å². The van der Waals surface area contributed by atoms with E-state index < -0.39 is 11.2 Å². The van der Waals surface area contributed by atoms with Crippen LogP contribution in [0.4, 0.5) is 0 Å². The van der Waals surface area contributed by atoms with Gasteiger partial charge in [0.25, 0.3) is 5.56 Å². The zero-order chi connectivity index (χ0) is 22.7. The van der Waals surface area contributed by atoms with Crippen molar-refractivity contribution < 1.29 is 4.79 Å². The quantitative estimate of drug-likeness (QED) is 0.379. The van der Waals surface area contributed by atoms with Crippen molar-refractivity contribution in [3.8, 4) is 0 Å². The molecule has 0 fully saturated rings. The van der Waals surface area contributed by atoms with Gasteiger partial charge in [0.05, 0.1) is 12.3 Å². The van der Waals surface area contributed by atoms with Gasteiger partial charge in [-0.15, -0.1) is 11.3 Å². The number of fused-ring (bicyclic) bond motifs is 1. The largest absolute Gasteiger partial charge is 0.340 e. The summed E-state index contributed by atoms with van der Waals surface area (Å²) >= 11 is 2.82.